The fourth-order valence-corrected chi connectivity index (χ4v) is 4.40. The number of Topliss-reactive ketones (excluding diaryl/α,β-unsaturated/α-hetero) is 2. The minimum absolute atomic E-state index is 0.0208. The third-order valence-electron chi connectivity index (χ3n) is 6.18. The number of hydrogen-bond acceptors (Lipinski definition) is 6. The van der Waals surface area contributed by atoms with Crippen LogP contribution in [-0.2, 0) is 18.5 Å². The number of aromatic hydroxyl groups is 2. The Balaban J connectivity index is 0.000000227. The molecule has 0 fully saturated rings. The van der Waals surface area contributed by atoms with Gasteiger partial charge in [0.25, 0.3) is 0 Å². The molecule has 226 valence electrons. The van der Waals surface area contributed by atoms with Gasteiger partial charge in [-0.25, -0.2) is 0 Å². The van der Waals surface area contributed by atoms with Crippen LogP contribution >= 0.6 is 15.9 Å². The van der Waals surface area contributed by atoms with Crippen molar-refractivity contribution in [3.8, 4) is 23.0 Å². The predicted octanol–water partition coefficient (Wildman–Crippen LogP) is 8.93. The zero-order valence-electron chi connectivity index (χ0n) is 24.7. The highest BCUT2D eigenvalue weighted by atomic mass is 79.9. The van der Waals surface area contributed by atoms with E-state index in [1.807, 2.05) is 84.9 Å². The summed E-state index contributed by atoms with van der Waals surface area (Å²) in [5.41, 5.74) is 3.88. The molecular formula is C37H35BrO6. The molecule has 0 radical (unpaired) electrons. The molecular weight excluding hydrogens is 620 g/mol. The van der Waals surface area contributed by atoms with Gasteiger partial charge >= 0.3 is 0 Å². The molecule has 0 amide bonds. The number of halogens is 1. The second kappa shape index (κ2) is 17.9. The first-order valence-electron chi connectivity index (χ1n) is 13.9. The Morgan fingerprint density at radius 2 is 0.886 bits per heavy atom. The number of ether oxygens (including phenoxy) is 2. The molecule has 0 saturated carbocycles. The molecule has 0 saturated heterocycles. The van der Waals surface area contributed by atoms with Crippen molar-refractivity contribution in [3.05, 3.63) is 155 Å². The normalized spacial score (nSPS) is 9.89. The van der Waals surface area contributed by atoms with Gasteiger partial charge in [-0.05, 0) is 54.8 Å². The van der Waals surface area contributed by atoms with Gasteiger partial charge in [0.15, 0.2) is 11.6 Å². The number of hydrogen-bond donors (Lipinski definition) is 2. The first-order valence-corrected chi connectivity index (χ1v) is 15.0. The maximum absolute atomic E-state index is 12.1. The van der Waals surface area contributed by atoms with Gasteiger partial charge in [-0.2, -0.15) is 0 Å². The van der Waals surface area contributed by atoms with E-state index in [-0.39, 0.29) is 28.6 Å². The molecule has 0 spiro atoms. The van der Waals surface area contributed by atoms with Crippen molar-refractivity contribution in [2.24, 2.45) is 0 Å². The van der Waals surface area contributed by atoms with E-state index in [0.29, 0.717) is 30.3 Å². The van der Waals surface area contributed by atoms with Gasteiger partial charge in [-0.15, -0.1) is 0 Å². The molecule has 5 rings (SSSR count). The lowest BCUT2D eigenvalue weighted by Crippen LogP contribution is -2.05. The molecule has 7 heteroatoms. The van der Waals surface area contributed by atoms with Crippen LogP contribution in [0.15, 0.2) is 127 Å². The Bertz CT molecular complexity index is 1520. The lowest BCUT2D eigenvalue weighted by molar-refractivity contribution is 0.0996. The summed E-state index contributed by atoms with van der Waals surface area (Å²) in [6, 6.07) is 39.6. The maximum atomic E-state index is 12.1. The van der Waals surface area contributed by atoms with Gasteiger partial charge < -0.3 is 19.7 Å². The highest BCUT2D eigenvalue weighted by molar-refractivity contribution is 9.08. The summed E-state index contributed by atoms with van der Waals surface area (Å²) in [6.07, 6.45) is 0. The first-order chi connectivity index (χ1) is 21.3. The highest BCUT2D eigenvalue weighted by Gasteiger charge is 2.16. The van der Waals surface area contributed by atoms with E-state index in [1.165, 1.54) is 37.6 Å². The minimum Gasteiger partial charge on any atom is -0.507 e. The maximum Gasteiger partial charge on any atom is 0.167 e. The van der Waals surface area contributed by atoms with Crippen LogP contribution in [0.5, 0.6) is 23.0 Å². The smallest absolute Gasteiger partial charge is 0.167 e. The number of alkyl halides is 1. The lowest BCUT2D eigenvalue weighted by atomic mass is 10.1. The molecule has 0 heterocycles. The number of carbonyl (C=O) groups is 2. The third-order valence-corrected chi connectivity index (χ3v) is 6.83. The van der Waals surface area contributed by atoms with E-state index < -0.39 is 0 Å². The summed E-state index contributed by atoms with van der Waals surface area (Å²) in [5.74, 6) is 0.297. The van der Waals surface area contributed by atoms with E-state index in [4.69, 9.17) is 19.7 Å². The SMILES string of the molecule is BrCc1ccccc1.CC(=O)c1c(O)cccc1O.CC(=O)c1c(OCc2ccccc2)cccc1OCc1ccccc1. The van der Waals surface area contributed by atoms with Gasteiger partial charge in [-0.3, -0.25) is 9.59 Å². The Hall–Kier alpha value is -4.88. The molecule has 0 atom stereocenters. The van der Waals surface area contributed by atoms with Crippen LogP contribution < -0.4 is 9.47 Å². The molecule has 5 aromatic carbocycles. The van der Waals surface area contributed by atoms with Crippen molar-refractivity contribution in [2.45, 2.75) is 32.4 Å². The monoisotopic (exact) mass is 654 g/mol. The van der Waals surface area contributed by atoms with E-state index in [2.05, 4.69) is 28.1 Å². The molecule has 0 unspecified atom stereocenters. The molecule has 0 aliphatic rings. The predicted molar refractivity (Wildman–Crippen MR) is 177 cm³/mol. The Labute approximate surface area is 266 Å². The summed E-state index contributed by atoms with van der Waals surface area (Å²) in [5, 5.41) is 19.1. The van der Waals surface area contributed by atoms with Crippen molar-refractivity contribution >= 4 is 27.5 Å². The van der Waals surface area contributed by atoms with E-state index in [9.17, 15) is 9.59 Å². The van der Waals surface area contributed by atoms with Gasteiger partial charge in [0, 0.05) is 5.33 Å². The topological polar surface area (TPSA) is 93.1 Å². The van der Waals surface area contributed by atoms with Crippen LogP contribution in [0.4, 0.5) is 0 Å². The third kappa shape index (κ3) is 10.7. The summed E-state index contributed by atoms with van der Waals surface area (Å²) >= 11 is 3.36. The Morgan fingerprint density at radius 1 is 0.523 bits per heavy atom. The second-order valence-electron chi connectivity index (χ2n) is 9.58. The van der Waals surface area contributed by atoms with Crippen LogP contribution in [0.1, 0.15) is 51.3 Å². The lowest BCUT2D eigenvalue weighted by Gasteiger charge is -2.15. The van der Waals surface area contributed by atoms with Crippen molar-refractivity contribution in [2.75, 3.05) is 0 Å². The van der Waals surface area contributed by atoms with Crippen molar-refractivity contribution < 1.29 is 29.3 Å². The van der Waals surface area contributed by atoms with Crippen LogP contribution in [0, 0.1) is 0 Å². The molecule has 6 nitrogen and oxygen atoms in total. The van der Waals surface area contributed by atoms with Crippen LogP contribution in [0.25, 0.3) is 0 Å². The number of ketones is 2. The molecule has 2 N–H and O–H groups in total. The van der Waals surface area contributed by atoms with E-state index in [1.54, 1.807) is 12.1 Å². The van der Waals surface area contributed by atoms with Crippen molar-refractivity contribution in [1.29, 1.82) is 0 Å². The van der Waals surface area contributed by atoms with Crippen LogP contribution in [0.2, 0.25) is 0 Å². The first kappa shape index (κ1) is 33.6. The zero-order chi connectivity index (χ0) is 31.7. The van der Waals surface area contributed by atoms with Crippen LogP contribution in [0.3, 0.4) is 0 Å². The molecule has 0 aromatic heterocycles. The number of carbonyl (C=O) groups excluding carboxylic acids is 2. The van der Waals surface area contributed by atoms with Crippen molar-refractivity contribution in [3.63, 3.8) is 0 Å². The summed E-state index contributed by atoms with van der Waals surface area (Å²) in [7, 11) is 0. The van der Waals surface area contributed by atoms with Gasteiger partial charge in [0.05, 0.1) is 0 Å². The quantitative estimate of drug-likeness (QED) is 0.122. The average molecular weight is 656 g/mol. The van der Waals surface area contributed by atoms with Gasteiger partial charge in [0.1, 0.15) is 47.3 Å². The molecule has 0 aliphatic carbocycles. The summed E-state index contributed by atoms with van der Waals surface area (Å²) in [6.45, 7) is 3.63. The second-order valence-corrected chi connectivity index (χ2v) is 10.1. The standard InChI is InChI=1S/C22H20O3.C8H8O3.C7H7Br/c1-17(23)22-20(24-15-18-9-4-2-5-10-18)13-8-14-21(22)25-16-19-11-6-3-7-12-19;1-5(9)8-6(10)3-2-4-7(8)11;8-6-7-4-2-1-3-5-7/h2-14H,15-16H2,1H3;2-4,10-11H,1H3;1-5H,6H2. The fourth-order valence-electron chi connectivity index (χ4n) is 4.03. The molecule has 5 aromatic rings. The van der Waals surface area contributed by atoms with E-state index >= 15 is 0 Å². The molecule has 0 aliphatic heterocycles. The molecule has 0 bridgehead atoms. The number of phenols is 2. The Kier molecular flexibility index (Phi) is 13.7. The summed E-state index contributed by atoms with van der Waals surface area (Å²) < 4.78 is 11.8. The minimum atomic E-state index is -0.347. The number of phenolic OH excluding ortho intramolecular Hbond substituents is 2. The highest BCUT2D eigenvalue weighted by Crippen LogP contribution is 2.30. The number of benzene rings is 5. The number of rotatable bonds is 9. The largest absolute Gasteiger partial charge is 0.507 e. The van der Waals surface area contributed by atoms with Crippen molar-refractivity contribution in [1.82, 2.24) is 0 Å². The fraction of sp³-hybridized carbons (Fsp3) is 0.135. The van der Waals surface area contributed by atoms with Gasteiger partial charge in [0.2, 0.25) is 0 Å². The average Bonchev–Trinajstić information content (AvgIpc) is 3.04. The van der Waals surface area contributed by atoms with Gasteiger partial charge in [-0.1, -0.05) is 119 Å². The zero-order valence-corrected chi connectivity index (χ0v) is 26.2. The molecule has 44 heavy (non-hydrogen) atoms. The summed E-state index contributed by atoms with van der Waals surface area (Å²) in [4.78, 5) is 22.9. The van der Waals surface area contributed by atoms with Crippen LogP contribution in [-0.4, -0.2) is 21.8 Å². The Morgan fingerprint density at radius 3 is 1.20 bits per heavy atom. The van der Waals surface area contributed by atoms with E-state index in [0.717, 1.165) is 16.5 Å².